The van der Waals surface area contributed by atoms with E-state index in [9.17, 15) is 4.79 Å². The molecule has 0 saturated carbocycles. The minimum Gasteiger partial charge on any atom is -0.480 e. The third kappa shape index (κ3) is 1.85. The number of aryl methyl sites for hydroxylation is 1. The van der Waals surface area contributed by atoms with E-state index in [2.05, 4.69) is 0 Å². The second-order valence-electron chi connectivity index (χ2n) is 3.85. The van der Waals surface area contributed by atoms with Gasteiger partial charge in [0.05, 0.1) is 0 Å². The van der Waals surface area contributed by atoms with Gasteiger partial charge in [-0.05, 0) is 36.1 Å². The lowest BCUT2D eigenvalue weighted by Gasteiger charge is -2.15. The Labute approximate surface area is 92.8 Å². The average Bonchev–Trinajstić information content (AvgIpc) is 2.59. The number of carboxylic acids is 1. The van der Waals surface area contributed by atoms with Gasteiger partial charge in [0.2, 0.25) is 0 Å². The lowest BCUT2D eigenvalue weighted by molar-refractivity contribution is -0.139. The van der Waals surface area contributed by atoms with Crippen molar-refractivity contribution in [1.29, 1.82) is 0 Å². The number of hydrogen-bond donors (Lipinski definition) is 2. The Bertz CT molecular complexity index is 406. The van der Waals surface area contributed by atoms with Crippen molar-refractivity contribution in [2.75, 3.05) is 0 Å². The fourth-order valence-electron chi connectivity index (χ4n) is 2.16. The first-order valence-corrected chi connectivity index (χ1v) is 5.24. The second kappa shape index (κ2) is 3.83. The Morgan fingerprint density at radius 2 is 2.33 bits per heavy atom. The zero-order chi connectivity index (χ0) is 11.0. The van der Waals surface area contributed by atoms with Gasteiger partial charge < -0.3 is 10.8 Å². The van der Waals surface area contributed by atoms with Gasteiger partial charge in [-0.2, -0.15) is 0 Å². The van der Waals surface area contributed by atoms with Gasteiger partial charge in [0, 0.05) is 10.9 Å². The molecular weight excluding hydrogens is 214 g/mol. The van der Waals surface area contributed by atoms with Crippen LogP contribution in [0.25, 0.3) is 0 Å². The number of benzene rings is 1. The van der Waals surface area contributed by atoms with Crippen molar-refractivity contribution in [2.45, 2.75) is 24.8 Å². The molecule has 1 aliphatic rings. The third-order valence-electron chi connectivity index (χ3n) is 2.95. The molecule has 1 aromatic carbocycles. The predicted molar refractivity (Wildman–Crippen MR) is 58.1 cm³/mol. The van der Waals surface area contributed by atoms with Crippen molar-refractivity contribution in [2.24, 2.45) is 5.73 Å². The summed E-state index contributed by atoms with van der Waals surface area (Å²) in [7, 11) is 0. The van der Waals surface area contributed by atoms with Gasteiger partial charge in [0.15, 0.2) is 0 Å². The lowest BCUT2D eigenvalue weighted by Crippen LogP contribution is -2.35. The molecule has 0 radical (unpaired) electrons. The van der Waals surface area contributed by atoms with Crippen LogP contribution in [0.5, 0.6) is 0 Å². The molecule has 2 rings (SSSR count). The first-order valence-electron chi connectivity index (χ1n) is 4.86. The smallest absolute Gasteiger partial charge is 0.321 e. The number of nitrogens with two attached hydrogens (primary N) is 1. The van der Waals surface area contributed by atoms with Crippen LogP contribution < -0.4 is 5.73 Å². The molecule has 0 fully saturated rings. The fourth-order valence-corrected chi connectivity index (χ4v) is 2.36. The summed E-state index contributed by atoms with van der Waals surface area (Å²) < 4.78 is 0. The van der Waals surface area contributed by atoms with Gasteiger partial charge in [-0.1, -0.05) is 17.7 Å². The minimum atomic E-state index is -0.942. The van der Waals surface area contributed by atoms with Gasteiger partial charge in [-0.25, -0.2) is 0 Å². The van der Waals surface area contributed by atoms with Gasteiger partial charge in [0.1, 0.15) is 6.04 Å². The molecule has 0 aliphatic heterocycles. The summed E-state index contributed by atoms with van der Waals surface area (Å²) in [5.74, 6) is -1.02. The number of fused-ring (bicyclic) bond motifs is 1. The summed E-state index contributed by atoms with van der Waals surface area (Å²) in [5, 5.41) is 9.56. The first-order chi connectivity index (χ1) is 7.09. The quantitative estimate of drug-likeness (QED) is 0.807. The molecule has 2 unspecified atom stereocenters. The number of hydrogen-bond acceptors (Lipinski definition) is 2. The molecule has 80 valence electrons. The van der Waals surface area contributed by atoms with Crippen molar-refractivity contribution >= 4 is 17.6 Å². The summed E-state index contributed by atoms with van der Waals surface area (Å²) >= 11 is 5.87. The molecule has 3 N–H and O–H groups in total. The van der Waals surface area contributed by atoms with Crippen LogP contribution in [0.2, 0.25) is 5.02 Å². The van der Waals surface area contributed by atoms with E-state index in [0.717, 1.165) is 24.0 Å². The first kappa shape index (κ1) is 10.5. The van der Waals surface area contributed by atoms with Gasteiger partial charge in [-0.15, -0.1) is 0 Å². The summed E-state index contributed by atoms with van der Waals surface area (Å²) in [6, 6.07) is 4.75. The predicted octanol–water partition coefficient (Wildman–Crippen LogP) is 1.78. The summed E-state index contributed by atoms with van der Waals surface area (Å²) in [6.07, 6.45) is 1.66. The molecule has 0 saturated heterocycles. The van der Waals surface area contributed by atoms with Gasteiger partial charge in [0.25, 0.3) is 0 Å². The van der Waals surface area contributed by atoms with Crippen LogP contribution in [0.15, 0.2) is 18.2 Å². The van der Waals surface area contributed by atoms with Crippen LogP contribution in [-0.2, 0) is 11.2 Å². The highest BCUT2D eigenvalue weighted by molar-refractivity contribution is 6.30. The Balaban J connectivity index is 2.32. The molecule has 0 heterocycles. The molecule has 0 bridgehead atoms. The molecule has 0 amide bonds. The van der Waals surface area contributed by atoms with Crippen LogP contribution in [0.3, 0.4) is 0 Å². The lowest BCUT2D eigenvalue weighted by atomic mass is 9.94. The van der Waals surface area contributed by atoms with Gasteiger partial charge in [-0.3, -0.25) is 4.79 Å². The van der Waals surface area contributed by atoms with Crippen LogP contribution in [0.4, 0.5) is 0 Å². The monoisotopic (exact) mass is 225 g/mol. The topological polar surface area (TPSA) is 63.3 Å². The van der Waals surface area contributed by atoms with E-state index in [1.165, 1.54) is 0 Å². The largest absolute Gasteiger partial charge is 0.480 e. The zero-order valence-electron chi connectivity index (χ0n) is 8.11. The summed E-state index contributed by atoms with van der Waals surface area (Å²) in [6.45, 7) is 0. The van der Waals surface area contributed by atoms with E-state index in [-0.39, 0.29) is 5.92 Å². The van der Waals surface area contributed by atoms with Crippen molar-refractivity contribution in [1.82, 2.24) is 0 Å². The van der Waals surface area contributed by atoms with Crippen LogP contribution in [0.1, 0.15) is 23.5 Å². The minimum absolute atomic E-state index is 0.0743. The molecule has 4 heteroatoms. The number of carbonyl (C=O) groups is 1. The zero-order valence-corrected chi connectivity index (χ0v) is 8.87. The SMILES string of the molecule is NC(C(=O)O)C1CCc2cc(Cl)ccc21. The average molecular weight is 226 g/mol. The molecule has 1 aromatic rings. The van der Waals surface area contributed by atoms with Crippen LogP contribution >= 0.6 is 11.6 Å². The van der Waals surface area contributed by atoms with Crippen LogP contribution in [0, 0.1) is 0 Å². The van der Waals surface area contributed by atoms with Crippen molar-refractivity contribution in [3.63, 3.8) is 0 Å². The Morgan fingerprint density at radius 1 is 1.60 bits per heavy atom. The van der Waals surface area contributed by atoms with E-state index in [1.807, 2.05) is 12.1 Å². The van der Waals surface area contributed by atoms with Crippen molar-refractivity contribution < 1.29 is 9.90 Å². The molecule has 1 aliphatic carbocycles. The van der Waals surface area contributed by atoms with E-state index in [4.69, 9.17) is 22.4 Å². The maximum atomic E-state index is 10.8. The van der Waals surface area contributed by atoms with Crippen LogP contribution in [-0.4, -0.2) is 17.1 Å². The summed E-state index contributed by atoms with van der Waals surface area (Å²) in [4.78, 5) is 10.8. The van der Waals surface area contributed by atoms with E-state index >= 15 is 0 Å². The standard InChI is InChI=1S/C11H12ClNO2/c12-7-2-4-8-6(5-7)1-3-9(8)10(13)11(14)15/h2,4-5,9-10H,1,3,13H2,(H,14,15). The third-order valence-corrected chi connectivity index (χ3v) is 3.18. The number of rotatable bonds is 2. The van der Waals surface area contributed by atoms with Crippen molar-refractivity contribution in [3.8, 4) is 0 Å². The van der Waals surface area contributed by atoms with E-state index < -0.39 is 12.0 Å². The Morgan fingerprint density at radius 3 is 3.00 bits per heavy atom. The summed E-state index contributed by atoms with van der Waals surface area (Å²) in [5.41, 5.74) is 7.81. The number of carboxylic acid groups (broad SMARTS) is 1. The maximum absolute atomic E-state index is 10.8. The number of aliphatic carboxylic acids is 1. The highest BCUT2D eigenvalue weighted by Crippen LogP contribution is 2.36. The molecule has 0 spiro atoms. The number of halogens is 1. The van der Waals surface area contributed by atoms with E-state index in [1.54, 1.807) is 6.07 Å². The van der Waals surface area contributed by atoms with Crippen molar-refractivity contribution in [3.05, 3.63) is 34.3 Å². The van der Waals surface area contributed by atoms with Gasteiger partial charge >= 0.3 is 5.97 Å². The molecule has 15 heavy (non-hydrogen) atoms. The molecule has 0 aromatic heterocycles. The fraction of sp³-hybridized carbons (Fsp3) is 0.364. The maximum Gasteiger partial charge on any atom is 0.321 e. The second-order valence-corrected chi connectivity index (χ2v) is 4.29. The van der Waals surface area contributed by atoms with E-state index in [0.29, 0.717) is 5.02 Å². The Hall–Kier alpha value is -1.06. The highest BCUT2D eigenvalue weighted by Gasteiger charge is 2.31. The molecule has 3 nitrogen and oxygen atoms in total. The molecular formula is C11H12ClNO2. The normalized spacial score (nSPS) is 21.1. The highest BCUT2D eigenvalue weighted by atomic mass is 35.5. The molecule has 2 atom stereocenters. The Kier molecular flexibility index (Phi) is 2.67.